The third kappa shape index (κ3) is 2.13. The molecule has 20 heavy (non-hydrogen) atoms. The van der Waals surface area contributed by atoms with E-state index >= 15 is 0 Å². The predicted molar refractivity (Wildman–Crippen MR) is 81.8 cm³/mol. The molecule has 1 aliphatic heterocycles. The predicted octanol–water partition coefficient (Wildman–Crippen LogP) is 3.17. The van der Waals surface area contributed by atoms with Gasteiger partial charge in [-0.1, -0.05) is 23.2 Å². The van der Waals surface area contributed by atoms with Crippen molar-refractivity contribution in [1.29, 1.82) is 0 Å². The van der Waals surface area contributed by atoms with Crippen molar-refractivity contribution >= 4 is 46.9 Å². The largest absolute Gasteiger partial charge is 0.512 e. The van der Waals surface area contributed by atoms with Crippen LogP contribution in [0.25, 0.3) is 11.0 Å². The fraction of sp³-hybridized carbons (Fsp3) is 0.462. The Morgan fingerprint density at radius 1 is 1.10 bits per heavy atom. The molecule has 0 radical (unpaired) electrons. The molecule has 1 aliphatic rings. The van der Waals surface area contributed by atoms with Crippen LogP contribution in [-0.4, -0.2) is 28.3 Å². The molecule has 0 aromatic carbocycles. The van der Waals surface area contributed by atoms with Crippen molar-refractivity contribution in [2.45, 2.75) is 38.9 Å². The van der Waals surface area contributed by atoms with Crippen molar-refractivity contribution in [3.8, 4) is 0 Å². The van der Waals surface area contributed by atoms with Gasteiger partial charge in [-0.3, -0.25) is 0 Å². The Hall–Kier alpha value is -0.745. The van der Waals surface area contributed by atoms with E-state index < -0.39 is 7.12 Å². The maximum Gasteiger partial charge on any atom is 0.512 e. The fourth-order valence-corrected chi connectivity index (χ4v) is 2.65. The summed E-state index contributed by atoms with van der Waals surface area (Å²) in [6.07, 6.45) is 0. The van der Waals surface area contributed by atoms with Crippen LogP contribution in [-0.2, 0) is 9.31 Å². The Bertz CT molecular complexity index is 668. The number of rotatable bonds is 1. The summed E-state index contributed by atoms with van der Waals surface area (Å²) in [5.74, 6) is 0. The van der Waals surface area contributed by atoms with E-state index in [1.54, 1.807) is 6.07 Å². The quantitative estimate of drug-likeness (QED) is 0.650. The van der Waals surface area contributed by atoms with Crippen LogP contribution in [0.15, 0.2) is 12.1 Å². The number of hydrogen-bond acceptors (Lipinski definition) is 3. The maximum absolute atomic E-state index is 6.17. The van der Waals surface area contributed by atoms with Gasteiger partial charge in [0.05, 0.1) is 16.2 Å². The first-order valence-corrected chi connectivity index (χ1v) is 7.15. The van der Waals surface area contributed by atoms with E-state index in [0.29, 0.717) is 15.8 Å². The molecule has 0 atom stereocenters. The van der Waals surface area contributed by atoms with Gasteiger partial charge in [0, 0.05) is 11.0 Å². The molecule has 3 rings (SSSR count). The average Bonchev–Trinajstić information content (AvgIpc) is 2.78. The average molecular weight is 313 g/mol. The van der Waals surface area contributed by atoms with Gasteiger partial charge >= 0.3 is 7.12 Å². The van der Waals surface area contributed by atoms with Crippen molar-refractivity contribution in [2.24, 2.45) is 0 Å². The van der Waals surface area contributed by atoms with Gasteiger partial charge in [0.2, 0.25) is 0 Å². The molecule has 7 heteroatoms. The van der Waals surface area contributed by atoms with E-state index in [4.69, 9.17) is 32.5 Å². The molecule has 3 heterocycles. The molecular formula is C13H15BCl2N2O2. The van der Waals surface area contributed by atoms with E-state index in [9.17, 15) is 0 Å². The number of nitrogens with zero attached hydrogens (tertiary/aromatic N) is 1. The zero-order chi connectivity index (χ0) is 14.7. The Kier molecular flexibility index (Phi) is 3.11. The molecule has 0 bridgehead atoms. The molecule has 0 aliphatic carbocycles. The van der Waals surface area contributed by atoms with Gasteiger partial charge < -0.3 is 14.3 Å². The van der Waals surface area contributed by atoms with E-state index in [-0.39, 0.29) is 11.2 Å². The van der Waals surface area contributed by atoms with Crippen molar-refractivity contribution < 1.29 is 9.31 Å². The molecular weight excluding hydrogens is 298 g/mol. The second kappa shape index (κ2) is 4.37. The lowest BCUT2D eigenvalue weighted by Crippen LogP contribution is -2.41. The minimum atomic E-state index is -0.468. The molecule has 0 amide bonds. The second-order valence-corrected chi connectivity index (χ2v) is 6.80. The summed E-state index contributed by atoms with van der Waals surface area (Å²) in [4.78, 5) is 7.38. The van der Waals surface area contributed by atoms with E-state index in [1.165, 1.54) is 0 Å². The zero-order valence-electron chi connectivity index (χ0n) is 11.8. The number of nitrogens with one attached hydrogen (secondary N) is 1. The number of halogens is 2. The van der Waals surface area contributed by atoms with Crippen LogP contribution in [0.3, 0.4) is 0 Å². The Morgan fingerprint density at radius 2 is 1.70 bits per heavy atom. The second-order valence-electron chi connectivity index (χ2n) is 6.00. The normalized spacial score (nSPS) is 20.8. The third-order valence-electron chi connectivity index (χ3n) is 4.05. The van der Waals surface area contributed by atoms with Gasteiger partial charge in [-0.15, -0.1) is 0 Å². The van der Waals surface area contributed by atoms with Crippen LogP contribution in [0.2, 0.25) is 10.2 Å². The van der Waals surface area contributed by atoms with Crippen LogP contribution in [0.5, 0.6) is 0 Å². The molecule has 106 valence electrons. The molecule has 2 aromatic rings. The molecule has 1 N–H and O–H groups in total. The summed E-state index contributed by atoms with van der Waals surface area (Å²) in [6, 6.07) is 3.51. The number of aromatic amines is 1. The van der Waals surface area contributed by atoms with Crippen LogP contribution in [0.1, 0.15) is 27.7 Å². The summed E-state index contributed by atoms with van der Waals surface area (Å²) in [5, 5.41) is 1.71. The lowest BCUT2D eigenvalue weighted by molar-refractivity contribution is 0.00578. The minimum absolute atomic E-state index is 0.352. The summed E-state index contributed by atoms with van der Waals surface area (Å²) in [5.41, 5.74) is 0.649. The molecule has 0 unspecified atom stereocenters. The van der Waals surface area contributed by atoms with Gasteiger partial charge in [0.25, 0.3) is 0 Å². The van der Waals surface area contributed by atoms with Crippen molar-refractivity contribution in [3.05, 3.63) is 22.3 Å². The first-order valence-electron chi connectivity index (χ1n) is 6.40. The molecule has 1 fully saturated rings. The topological polar surface area (TPSA) is 47.1 Å². The first kappa shape index (κ1) is 14.2. The fourth-order valence-electron chi connectivity index (χ4n) is 2.15. The third-order valence-corrected chi connectivity index (χ3v) is 4.55. The highest BCUT2D eigenvalue weighted by molar-refractivity contribution is 6.61. The zero-order valence-corrected chi connectivity index (χ0v) is 13.3. The lowest BCUT2D eigenvalue weighted by atomic mass is 9.85. The summed E-state index contributed by atoms with van der Waals surface area (Å²) in [7, 11) is -0.468. The molecule has 2 aromatic heterocycles. The van der Waals surface area contributed by atoms with Gasteiger partial charge in [0.1, 0.15) is 10.8 Å². The Labute approximate surface area is 127 Å². The van der Waals surface area contributed by atoms with Crippen LogP contribution >= 0.6 is 23.2 Å². The van der Waals surface area contributed by atoms with Crippen molar-refractivity contribution in [1.82, 2.24) is 9.97 Å². The van der Waals surface area contributed by atoms with Gasteiger partial charge in [0.15, 0.2) is 0 Å². The number of H-pyrrole nitrogens is 1. The van der Waals surface area contributed by atoms with E-state index in [0.717, 1.165) is 11.0 Å². The van der Waals surface area contributed by atoms with Crippen molar-refractivity contribution in [2.75, 3.05) is 0 Å². The summed E-state index contributed by atoms with van der Waals surface area (Å²) >= 11 is 12.1. The minimum Gasteiger partial charge on any atom is -0.398 e. The van der Waals surface area contributed by atoms with E-state index in [1.807, 2.05) is 33.8 Å². The molecule has 1 saturated heterocycles. The molecule has 0 spiro atoms. The lowest BCUT2D eigenvalue weighted by Gasteiger charge is -2.32. The first-order chi connectivity index (χ1) is 9.19. The van der Waals surface area contributed by atoms with Crippen LogP contribution < -0.4 is 5.59 Å². The smallest absolute Gasteiger partial charge is 0.398 e. The highest BCUT2D eigenvalue weighted by atomic mass is 35.5. The highest BCUT2D eigenvalue weighted by Gasteiger charge is 2.52. The Morgan fingerprint density at radius 3 is 2.30 bits per heavy atom. The van der Waals surface area contributed by atoms with Gasteiger partial charge in [-0.05, 0) is 39.8 Å². The molecule has 4 nitrogen and oxygen atoms in total. The summed E-state index contributed by atoms with van der Waals surface area (Å²) < 4.78 is 12.0. The number of aromatic nitrogens is 2. The number of hydrogen-bond donors (Lipinski definition) is 1. The number of pyridine rings is 1. The maximum atomic E-state index is 6.17. The molecule has 0 saturated carbocycles. The van der Waals surface area contributed by atoms with Gasteiger partial charge in [-0.25, -0.2) is 4.98 Å². The van der Waals surface area contributed by atoms with E-state index in [2.05, 4.69) is 9.97 Å². The van der Waals surface area contributed by atoms with Crippen LogP contribution in [0.4, 0.5) is 0 Å². The highest BCUT2D eigenvalue weighted by Crippen LogP contribution is 2.36. The summed E-state index contributed by atoms with van der Waals surface area (Å²) in [6.45, 7) is 8.05. The van der Waals surface area contributed by atoms with Crippen LogP contribution in [0, 0.1) is 0 Å². The SMILES string of the molecule is CC1(C)OB(c2cc3c(Cl)cc(Cl)nc3[nH]2)OC1(C)C. The monoisotopic (exact) mass is 312 g/mol. The van der Waals surface area contributed by atoms with Gasteiger partial charge in [-0.2, -0.15) is 0 Å². The standard InChI is InChI=1S/C13H15BCl2N2O2/c1-12(2)13(3,4)20-14(19-12)9-5-7-8(15)6-10(16)18-11(7)17-9/h5-6H,1-4H3,(H,17,18). The Balaban J connectivity index is 2.03. The van der Waals surface area contributed by atoms with Crippen molar-refractivity contribution in [3.63, 3.8) is 0 Å². The number of fused-ring (bicyclic) bond motifs is 1.